The molecule has 3 N–H and O–H groups in total. The average molecular weight is 262 g/mol. The fourth-order valence-electron chi connectivity index (χ4n) is 1.27. The van der Waals surface area contributed by atoms with Crippen LogP contribution >= 0.6 is 12.6 Å². The second kappa shape index (κ2) is 5.37. The van der Waals surface area contributed by atoms with Gasteiger partial charge in [0.2, 0.25) is 0 Å². The van der Waals surface area contributed by atoms with Crippen molar-refractivity contribution in [1.29, 1.82) is 0 Å². The summed E-state index contributed by atoms with van der Waals surface area (Å²) in [6.45, 7) is 0. The standard InChI is InChI=1S/C11H10N4O2S/c12-10(16)15-7-3-1-4-8(9(7)18)17-11-13-5-2-6-14-11/h1-6,18H,(H3,12,15,16). The highest BCUT2D eigenvalue weighted by molar-refractivity contribution is 7.80. The molecule has 92 valence electrons. The molecule has 0 spiro atoms. The molecule has 1 aromatic carbocycles. The second-order valence-electron chi connectivity index (χ2n) is 3.27. The number of benzene rings is 1. The van der Waals surface area contributed by atoms with Gasteiger partial charge in [0.05, 0.1) is 10.6 Å². The van der Waals surface area contributed by atoms with Gasteiger partial charge in [0.25, 0.3) is 0 Å². The van der Waals surface area contributed by atoms with Gasteiger partial charge >= 0.3 is 12.0 Å². The van der Waals surface area contributed by atoms with E-state index in [-0.39, 0.29) is 6.01 Å². The van der Waals surface area contributed by atoms with Crippen LogP contribution in [0.25, 0.3) is 0 Å². The van der Waals surface area contributed by atoms with Crippen molar-refractivity contribution in [1.82, 2.24) is 9.97 Å². The molecule has 0 saturated heterocycles. The van der Waals surface area contributed by atoms with Crippen LogP contribution in [0, 0.1) is 0 Å². The zero-order valence-electron chi connectivity index (χ0n) is 9.20. The molecule has 0 fully saturated rings. The molecular formula is C11H10N4O2S. The van der Waals surface area contributed by atoms with Crippen molar-refractivity contribution in [3.05, 3.63) is 36.7 Å². The molecule has 2 aromatic rings. The Labute approximate surface area is 109 Å². The maximum Gasteiger partial charge on any atom is 0.321 e. The molecule has 0 unspecified atom stereocenters. The van der Waals surface area contributed by atoms with Gasteiger partial charge in [0.15, 0.2) is 0 Å². The monoisotopic (exact) mass is 262 g/mol. The van der Waals surface area contributed by atoms with Gasteiger partial charge in [-0.05, 0) is 18.2 Å². The molecule has 7 heteroatoms. The Morgan fingerprint density at radius 2 is 2.00 bits per heavy atom. The van der Waals surface area contributed by atoms with Crippen LogP contribution in [0.3, 0.4) is 0 Å². The van der Waals surface area contributed by atoms with Gasteiger partial charge in [-0.1, -0.05) is 6.07 Å². The zero-order valence-corrected chi connectivity index (χ0v) is 10.1. The summed E-state index contributed by atoms with van der Waals surface area (Å²) < 4.78 is 5.44. The number of thiol groups is 1. The van der Waals surface area contributed by atoms with Crippen molar-refractivity contribution >= 4 is 24.3 Å². The van der Waals surface area contributed by atoms with E-state index in [2.05, 4.69) is 27.9 Å². The number of ether oxygens (including phenoxy) is 1. The molecule has 18 heavy (non-hydrogen) atoms. The van der Waals surface area contributed by atoms with Crippen LogP contribution in [-0.4, -0.2) is 16.0 Å². The molecule has 6 nitrogen and oxygen atoms in total. The van der Waals surface area contributed by atoms with E-state index in [0.29, 0.717) is 16.3 Å². The molecule has 0 saturated carbocycles. The van der Waals surface area contributed by atoms with Crippen molar-refractivity contribution in [2.24, 2.45) is 5.73 Å². The van der Waals surface area contributed by atoms with Crippen LogP contribution in [0.2, 0.25) is 0 Å². The Bertz CT molecular complexity index is 562. The number of carbonyl (C=O) groups is 1. The number of amides is 2. The predicted octanol–water partition coefficient (Wildman–Crippen LogP) is 2.05. The van der Waals surface area contributed by atoms with E-state index in [1.165, 1.54) is 0 Å². The number of nitrogens with one attached hydrogen (secondary N) is 1. The van der Waals surface area contributed by atoms with Gasteiger partial charge < -0.3 is 15.8 Å². The molecular weight excluding hydrogens is 252 g/mol. The van der Waals surface area contributed by atoms with Crippen molar-refractivity contribution in [3.8, 4) is 11.8 Å². The summed E-state index contributed by atoms with van der Waals surface area (Å²) in [6, 6.07) is 6.25. The Kier molecular flexibility index (Phi) is 3.63. The van der Waals surface area contributed by atoms with E-state index in [1.807, 2.05) is 0 Å². The van der Waals surface area contributed by atoms with E-state index in [1.54, 1.807) is 36.7 Å². The Balaban J connectivity index is 2.26. The van der Waals surface area contributed by atoms with Crippen LogP contribution in [0.4, 0.5) is 10.5 Å². The molecule has 0 aliphatic carbocycles. The van der Waals surface area contributed by atoms with Crippen molar-refractivity contribution in [3.63, 3.8) is 0 Å². The predicted molar refractivity (Wildman–Crippen MR) is 69.0 cm³/mol. The summed E-state index contributed by atoms with van der Waals surface area (Å²) in [4.78, 5) is 19.1. The van der Waals surface area contributed by atoms with E-state index in [0.717, 1.165) is 0 Å². The maximum atomic E-state index is 10.8. The number of urea groups is 1. The number of hydrogen-bond donors (Lipinski definition) is 3. The van der Waals surface area contributed by atoms with Gasteiger partial charge in [-0.25, -0.2) is 14.8 Å². The number of rotatable bonds is 3. The number of primary amides is 1. The molecule has 0 bridgehead atoms. The number of aromatic nitrogens is 2. The lowest BCUT2D eigenvalue weighted by Crippen LogP contribution is -2.19. The van der Waals surface area contributed by atoms with Crippen LogP contribution in [0.5, 0.6) is 11.8 Å². The Hall–Kier alpha value is -2.28. The molecule has 0 aliphatic heterocycles. The molecule has 2 rings (SSSR count). The van der Waals surface area contributed by atoms with E-state index >= 15 is 0 Å². The minimum absolute atomic E-state index is 0.198. The number of carbonyl (C=O) groups excluding carboxylic acids is 1. The van der Waals surface area contributed by atoms with Crippen LogP contribution in [-0.2, 0) is 0 Å². The van der Waals surface area contributed by atoms with Crippen molar-refractivity contribution in [2.45, 2.75) is 4.90 Å². The third-order valence-electron chi connectivity index (χ3n) is 2.00. The topological polar surface area (TPSA) is 90.1 Å². The molecule has 0 aliphatic rings. The Morgan fingerprint density at radius 1 is 1.28 bits per heavy atom. The number of nitrogens with two attached hydrogens (primary N) is 1. The number of hydrogen-bond acceptors (Lipinski definition) is 5. The van der Waals surface area contributed by atoms with Gasteiger partial charge in [0, 0.05) is 12.4 Å². The summed E-state index contributed by atoms with van der Waals surface area (Å²) in [7, 11) is 0. The SMILES string of the molecule is NC(=O)Nc1cccc(Oc2ncccn2)c1S. The normalized spacial score (nSPS) is 9.83. The first-order valence-electron chi connectivity index (χ1n) is 5.00. The van der Waals surface area contributed by atoms with Gasteiger partial charge in [-0.2, -0.15) is 0 Å². The summed E-state index contributed by atoms with van der Waals surface area (Å²) >= 11 is 4.27. The van der Waals surface area contributed by atoms with Gasteiger partial charge in [0.1, 0.15) is 5.75 Å². The van der Waals surface area contributed by atoms with E-state index < -0.39 is 6.03 Å². The smallest absolute Gasteiger partial charge is 0.321 e. The largest absolute Gasteiger partial charge is 0.423 e. The summed E-state index contributed by atoms with van der Waals surface area (Å²) in [5, 5.41) is 2.44. The zero-order chi connectivity index (χ0) is 13.0. The molecule has 1 aromatic heterocycles. The molecule has 0 radical (unpaired) electrons. The van der Waals surface area contributed by atoms with Gasteiger partial charge in [-0.3, -0.25) is 0 Å². The lowest BCUT2D eigenvalue weighted by molar-refractivity contribution is 0.259. The number of anilines is 1. The molecule has 2 amide bonds. The third-order valence-corrected chi connectivity index (χ3v) is 2.46. The maximum absolute atomic E-state index is 10.8. The fraction of sp³-hybridized carbons (Fsp3) is 0. The Morgan fingerprint density at radius 3 is 2.67 bits per heavy atom. The summed E-state index contributed by atoms with van der Waals surface area (Å²) in [6.07, 6.45) is 3.12. The van der Waals surface area contributed by atoms with Crippen molar-refractivity contribution < 1.29 is 9.53 Å². The lowest BCUT2D eigenvalue weighted by Gasteiger charge is -2.10. The lowest BCUT2D eigenvalue weighted by atomic mass is 10.3. The summed E-state index contributed by atoms with van der Waals surface area (Å²) in [5.41, 5.74) is 5.50. The number of nitrogens with zero attached hydrogens (tertiary/aromatic N) is 2. The van der Waals surface area contributed by atoms with Gasteiger partial charge in [-0.15, -0.1) is 12.6 Å². The van der Waals surface area contributed by atoms with Crippen LogP contribution in [0.15, 0.2) is 41.6 Å². The highest BCUT2D eigenvalue weighted by Gasteiger charge is 2.09. The van der Waals surface area contributed by atoms with Crippen LogP contribution < -0.4 is 15.8 Å². The summed E-state index contributed by atoms with van der Waals surface area (Å²) in [5.74, 6) is 0.427. The van der Waals surface area contributed by atoms with E-state index in [4.69, 9.17) is 10.5 Å². The van der Waals surface area contributed by atoms with E-state index in [9.17, 15) is 4.79 Å². The molecule has 1 heterocycles. The first kappa shape index (κ1) is 12.2. The highest BCUT2D eigenvalue weighted by Crippen LogP contribution is 2.32. The average Bonchev–Trinajstić information content (AvgIpc) is 2.35. The van der Waals surface area contributed by atoms with Crippen molar-refractivity contribution in [2.75, 3.05) is 5.32 Å². The molecule has 0 atom stereocenters. The third kappa shape index (κ3) is 2.89. The highest BCUT2D eigenvalue weighted by atomic mass is 32.1. The minimum Gasteiger partial charge on any atom is -0.423 e. The first-order valence-corrected chi connectivity index (χ1v) is 5.45. The quantitative estimate of drug-likeness (QED) is 0.738. The first-order chi connectivity index (χ1) is 8.66. The fourth-order valence-corrected chi connectivity index (χ4v) is 1.53. The van der Waals surface area contributed by atoms with Crippen LogP contribution in [0.1, 0.15) is 0 Å². The minimum atomic E-state index is -0.668. The second-order valence-corrected chi connectivity index (χ2v) is 3.72.